The van der Waals surface area contributed by atoms with Gasteiger partial charge in [-0.2, -0.15) is 0 Å². The van der Waals surface area contributed by atoms with E-state index < -0.39 is 12.0 Å². The molecule has 1 heterocycles. The van der Waals surface area contributed by atoms with Gasteiger partial charge in [0.15, 0.2) is 0 Å². The SMILES string of the molecule is O=C(O)CC(NC(=O)CCCC1CCOCC1)c1ccc(Br)cc1. The summed E-state index contributed by atoms with van der Waals surface area (Å²) in [7, 11) is 0. The van der Waals surface area contributed by atoms with Crippen LogP contribution in [0.1, 0.15) is 50.1 Å². The molecule has 0 aliphatic carbocycles. The number of benzene rings is 1. The molecule has 0 aromatic heterocycles. The third-order valence-electron chi connectivity index (χ3n) is 4.34. The summed E-state index contributed by atoms with van der Waals surface area (Å²) in [5.74, 6) is -0.366. The van der Waals surface area contributed by atoms with Gasteiger partial charge >= 0.3 is 5.97 Å². The third kappa shape index (κ3) is 6.61. The van der Waals surface area contributed by atoms with E-state index in [-0.39, 0.29) is 12.3 Å². The molecule has 1 fully saturated rings. The lowest BCUT2D eigenvalue weighted by atomic mass is 9.94. The van der Waals surface area contributed by atoms with Crippen LogP contribution in [0, 0.1) is 5.92 Å². The molecule has 1 amide bonds. The van der Waals surface area contributed by atoms with Crippen molar-refractivity contribution in [1.82, 2.24) is 5.32 Å². The van der Waals surface area contributed by atoms with Crippen molar-refractivity contribution in [2.45, 2.75) is 44.6 Å². The second-order valence-corrected chi connectivity index (χ2v) is 7.13. The largest absolute Gasteiger partial charge is 0.481 e. The van der Waals surface area contributed by atoms with Crippen LogP contribution in [-0.2, 0) is 14.3 Å². The summed E-state index contributed by atoms with van der Waals surface area (Å²) in [6.45, 7) is 1.64. The van der Waals surface area contributed by atoms with E-state index in [4.69, 9.17) is 9.84 Å². The summed E-state index contributed by atoms with van der Waals surface area (Å²) in [4.78, 5) is 23.3. The molecule has 6 heteroatoms. The number of carboxylic acid groups (broad SMARTS) is 1. The molecule has 0 saturated carbocycles. The molecule has 0 spiro atoms. The molecular weight excluding hydrogens is 374 g/mol. The molecule has 1 atom stereocenters. The number of ether oxygens (including phenoxy) is 1. The normalized spacial score (nSPS) is 16.5. The number of carboxylic acids is 1. The zero-order valence-electron chi connectivity index (χ0n) is 13.7. The Morgan fingerprint density at radius 2 is 1.92 bits per heavy atom. The van der Waals surface area contributed by atoms with Crippen LogP contribution in [0.15, 0.2) is 28.7 Å². The Kier molecular flexibility index (Phi) is 7.72. The molecular formula is C18H24BrNO4. The van der Waals surface area contributed by atoms with Gasteiger partial charge in [-0.3, -0.25) is 9.59 Å². The predicted molar refractivity (Wildman–Crippen MR) is 94.7 cm³/mol. The van der Waals surface area contributed by atoms with Crippen molar-refractivity contribution in [2.24, 2.45) is 5.92 Å². The number of amides is 1. The monoisotopic (exact) mass is 397 g/mol. The number of carbonyl (C=O) groups is 2. The van der Waals surface area contributed by atoms with Crippen LogP contribution in [0.3, 0.4) is 0 Å². The minimum Gasteiger partial charge on any atom is -0.481 e. The zero-order chi connectivity index (χ0) is 17.4. The van der Waals surface area contributed by atoms with Crippen LogP contribution in [-0.4, -0.2) is 30.2 Å². The maximum atomic E-state index is 12.2. The molecule has 1 unspecified atom stereocenters. The summed E-state index contributed by atoms with van der Waals surface area (Å²) >= 11 is 3.36. The van der Waals surface area contributed by atoms with Gasteiger partial charge in [-0.15, -0.1) is 0 Å². The van der Waals surface area contributed by atoms with E-state index in [0.29, 0.717) is 12.3 Å². The van der Waals surface area contributed by atoms with Gasteiger partial charge < -0.3 is 15.2 Å². The van der Waals surface area contributed by atoms with E-state index in [2.05, 4.69) is 21.2 Å². The summed E-state index contributed by atoms with van der Waals surface area (Å²) in [6, 6.07) is 6.87. The fraction of sp³-hybridized carbons (Fsp3) is 0.556. The first-order valence-electron chi connectivity index (χ1n) is 8.39. The van der Waals surface area contributed by atoms with Gasteiger partial charge in [0.1, 0.15) is 0 Å². The highest BCUT2D eigenvalue weighted by molar-refractivity contribution is 9.10. The van der Waals surface area contributed by atoms with Crippen LogP contribution in [0.5, 0.6) is 0 Å². The van der Waals surface area contributed by atoms with E-state index in [1.165, 1.54) is 0 Å². The number of carbonyl (C=O) groups excluding carboxylic acids is 1. The summed E-state index contributed by atoms with van der Waals surface area (Å²) in [5.41, 5.74) is 0.804. The average molecular weight is 398 g/mol. The molecule has 0 radical (unpaired) electrons. The van der Waals surface area contributed by atoms with Crippen molar-refractivity contribution in [3.63, 3.8) is 0 Å². The van der Waals surface area contributed by atoms with Gasteiger partial charge in [0.05, 0.1) is 12.5 Å². The van der Waals surface area contributed by atoms with Crippen LogP contribution < -0.4 is 5.32 Å². The van der Waals surface area contributed by atoms with Crippen molar-refractivity contribution >= 4 is 27.8 Å². The van der Waals surface area contributed by atoms with Gasteiger partial charge in [-0.05, 0) is 49.3 Å². The zero-order valence-corrected chi connectivity index (χ0v) is 15.3. The van der Waals surface area contributed by atoms with E-state index in [9.17, 15) is 9.59 Å². The highest BCUT2D eigenvalue weighted by Crippen LogP contribution is 2.22. The molecule has 1 aliphatic rings. The molecule has 1 aliphatic heterocycles. The molecule has 2 rings (SSSR count). The van der Waals surface area contributed by atoms with Gasteiger partial charge in [0.25, 0.3) is 0 Å². The van der Waals surface area contributed by atoms with Crippen LogP contribution >= 0.6 is 15.9 Å². The fourth-order valence-electron chi connectivity index (χ4n) is 2.97. The van der Waals surface area contributed by atoms with Crippen molar-refractivity contribution in [2.75, 3.05) is 13.2 Å². The van der Waals surface area contributed by atoms with E-state index in [1.807, 2.05) is 24.3 Å². The first kappa shape index (κ1) is 18.9. The van der Waals surface area contributed by atoms with E-state index >= 15 is 0 Å². The van der Waals surface area contributed by atoms with Crippen molar-refractivity contribution < 1.29 is 19.4 Å². The lowest BCUT2D eigenvalue weighted by Crippen LogP contribution is -2.30. The Morgan fingerprint density at radius 3 is 2.54 bits per heavy atom. The predicted octanol–water partition coefficient (Wildman–Crippen LogP) is 3.68. The van der Waals surface area contributed by atoms with E-state index in [1.54, 1.807) is 0 Å². The van der Waals surface area contributed by atoms with Gasteiger partial charge in [0.2, 0.25) is 5.91 Å². The van der Waals surface area contributed by atoms with E-state index in [0.717, 1.165) is 48.9 Å². The third-order valence-corrected chi connectivity index (χ3v) is 4.87. The Hall–Kier alpha value is -1.40. The Morgan fingerprint density at radius 1 is 1.25 bits per heavy atom. The Bertz CT molecular complexity index is 540. The maximum absolute atomic E-state index is 12.2. The quantitative estimate of drug-likeness (QED) is 0.701. The minimum absolute atomic E-state index is 0.0868. The molecule has 1 aromatic carbocycles. The van der Waals surface area contributed by atoms with Crippen LogP contribution in [0.2, 0.25) is 0 Å². The Labute approximate surface area is 150 Å². The summed E-state index contributed by atoms with van der Waals surface area (Å²) < 4.78 is 6.26. The molecule has 132 valence electrons. The second kappa shape index (κ2) is 9.79. The first-order valence-corrected chi connectivity index (χ1v) is 9.18. The lowest BCUT2D eigenvalue weighted by molar-refractivity contribution is -0.137. The van der Waals surface area contributed by atoms with Crippen molar-refractivity contribution in [3.8, 4) is 0 Å². The number of nitrogens with one attached hydrogen (secondary N) is 1. The van der Waals surface area contributed by atoms with Crippen LogP contribution in [0.4, 0.5) is 0 Å². The van der Waals surface area contributed by atoms with Crippen molar-refractivity contribution in [3.05, 3.63) is 34.3 Å². The van der Waals surface area contributed by atoms with Gasteiger partial charge in [-0.1, -0.05) is 28.1 Å². The lowest BCUT2D eigenvalue weighted by Gasteiger charge is -2.22. The first-order chi connectivity index (χ1) is 11.5. The number of rotatable bonds is 8. The standard InChI is InChI=1S/C18H24BrNO4/c19-15-6-4-14(5-7-15)16(12-18(22)23)20-17(21)3-1-2-13-8-10-24-11-9-13/h4-7,13,16H,1-3,8-12H2,(H,20,21)(H,22,23). The maximum Gasteiger partial charge on any atom is 0.305 e. The highest BCUT2D eigenvalue weighted by Gasteiger charge is 2.19. The Balaban J connectivity index is 1.82. The molecule has 2 N–H and O–H groups in total. The van der Waals surface area contributed by atoms with Crippen molar-refractivity contribution in [1.29, 1.82) is 0 Å². The topological polar surface area (TPSA) is 75.6 Å². The van der Waals surface area contributed by atoms with Gasteiger partial charge in [-0.25, -0.2) is 0 Å². The summed E-state index contributed by atoms with van der Waals surface area (Å²) in [5, 5.41) is 11.9. The molecule has 24 heavy (non-hydrogen) atoms. The number of hydrogen-bond acceptors (Lipinski definition) is 3. The average Bonchev–Trinajstić information content (AvgIpc) is 2.55. The fourth-order valence-corrected chi connectivity index (χ4v) is 3.24. The highest BCUT2D eigenvalue weighted by atomic mass is 79.9. The number of halogens is 1. The number of aliphatic carboxylic acids is 1. The molecule has 0 bridgehead atoms. The molecule has 1 aromatic rings. The molecule has 1 saturated heterocycles. The smallest absolute Gasteiger partial charge is 0.305 e. The van der Waals surface area contributed by atoms with Crippen LogP contribution in [0.25, 0.3) is 0 Å². The summed E-state index contributed by atoms with van der Waals surface area (Å²) in [6.07, 6.45) is 4.32. The second-order valence-electron chi connectivity index (χ2n) is 6.22. The molecule has 5 nitrogen and oxygen atoms in total. The van der Waals surface area contributed by atoms with Gasteiger partial charge in [0, 0.05) is 24.1 Å². The minimum atomic E-state index is -0.926. The number of hydrogen-bond donors (Lipinski definition) is 2.